The predicted molar refractivity (Wildman–Crippen MR) is 83.8 cm³/mol. The Morgan fingerprint density at radius 2 is 1.48 bits per heavy atom. The van der Waals surface area contributed by atoms with Gasteiger partial charge in [0.05, 0.1) is 34.6 Å². The molecule has 0 spiro atoms. The molecule has 0 aliphatic carbocycles. The molecule has 0 aliphatic rings. The number of benzene rings is 2. The molecule has 2 aromatic rings. The lowest BCUT2D eigenvalue weighted by molar-refractivity contribution is 0.631. The number of hydrogen-bond acceptors (Lipinski definition) is 4. The van der Waals surface area contributed by atoms with Crippen molar-refractivity contribution >= 4 is 34.0 Å². The minimum Gasteiger partial charge on any atom is -0.396 e. The minimum atomic E-state index is -0.543. The van der Waals surface area contributed by atoms with E-state index < -0.39 is 11.6 Å². The highest BCUT2D eigenvalue weighted by Crippen LogP contribution is 2.19. The molecule has 0 aliphatic heterocycles. The Bertz CT molecular complexity index is 725. The zero-order valence-electron chi connectivity index (χ0n) is 10.6. The van der Waals surface area contributed by atoms with Crippen LogP contribution in [0.15, 0.2) is 30.3 Å². The third kappa shape index (κ3) is 4.58. The van der Waals surface area contributed by atoms with Crippen LogP contribution in [0.5, 0.6) is 0 Å². The molecule has 0 amide bonds. The van der Waals surface area contributed by atoms with E-state index in [1.165, 1.54) is 12.1 Å². The fourth-order valence-electron chi connectivity index (χ4n) is 1.25. The number of anilines is 2. The zero-order chi connectivity index (χ0) is 16.0. The first-order valence-corrected chi connectivity index (χ1v) is 6.56. The Balaban J connectivity index is 0.000000211. The highest BCUT2D eigenvalue weighted by atomic mass is 127. The van der Waals surface area contributed by atoms with Crippen molar-refractivity contribution in [2.24, 2.45) is 0 Å². The van der Waals surface area contributed by atoms with Gasteiger partial charge in [-0.15, -0.1) is 0 Å². The van der Waals surface area contributed by atoms with Gasteiger partial charge in [-0.2, -0.15) is 10.5 Å². The summed E-state index contributed by atoms with van der Waals surface area (Å²) in [4.78, 5) is 0. The highest BCUT2D eigenvalue weighted by molar-refractivity contribution is 14.1. The second-order valence-electron chi connectivity index (χ2n) is 3.81. The van der Waals surface area contributed by atoms with E-state index >= 15 is 0 Å². The van der Waals surface area contributed by atoms with Gasteiger partial charge in [0.2, 0.25) is 0 Å². The van der Waals surface area contributed by atoms with E-state index in [2.05, 4.69) is 0 Å². The molecule has 0 bridgehead atoms. The van der Waals surface area contributed by atoms with Gasteiger partial charge in [0, 0.05) is 3.57 Å². The number of rotatable bonds is 0. The second kappa shape index (κ2) is 7.41. The molecule has 2 rings (SSSR count). The van der Waals surface area contributed by atoms with E-state index in [-0.39, 0.29) is 16.9 Å². The Morgan fingerprint density at radius 3 is 1.95 bits per heavy atom. The maximum Gasteiger partial charge on any atom is 0.148 e. The molecule has 21 heavy (non-hydrogen) atoms. The van der Waals surface area contributed by atoms with Gasteiger partial charge in [-0.1, -0.05) is 0 Å². The monoisotopic (exact) mass is 398 g/mol. The summed E-state index contributed by atoms with van der Waals surface area (Å²) in [5.41, 5.74) is 11.2. The summed E-state index contributed by atoms with van der Waals surface area (Å²) in [6, 6.07) is 10.2. The first-order chi connectivity index (χ1) is 9.88. The van der Waals surface area contributed by atoms with Crippen LogP contribution >= 0.6 is 22.6 Å². The number of halogens is 3. The Labute approximate surface area is 133 Å². The predicted octanol–water partition coefficient (Wildman–Crippen LogP) is 3.16. The highest BCUT2D eigenvalue weighted by Gasteiger charge is 2.04. The van der Waals surface area contributed by atoms with E-state index in [0.29, 0.717) is 9.13 Å². The van der Waals surface area contributed by atoms with Crippen molar-refractivity contribution in [2.45, 2.75) is 0 Å². The van der Waals surface area contributed by atoms with Crippen LogP contribution in [0.2, 0.25) is 0 Å². The number of nitriles is 2. The summed E-state index contributed by atoms with van der Waals surface area (Å²) in [7, 11) is 0. The standard InChI is InChI=1S/C7H4FIN2.C7H5FN2/c8-5-1-4(3-10)2-6(9)7(5)11;8-6-3-5(4-9)1-2-7(6)10/h1-2H,11H2;1-3H,10H2. The average molecular weight is 398 g/mol. The van der Waals surface area contributed by atoms with E-state index in [9.17, 15) is 8.78 Å². The molecule has 7 heteroatoms. The van der Waals surface area contributed by atoms with Crippen LogP contribution < -0.4 is 11.5 Å². The number of hydrogen-bond donors (Lipinski definition) is 2. The fourth-order valence-corrected chi connectivity index (χ4v) is 1.84. The van der Waals surface area contributed by atoms with Gasteiger partial charge in [0.1, 0.15) is 11.6 Å². The van der Waals surface area contributed by atoms with Crippen LogP contribution in [-0.4, -0.2) is 0 Å². The summed E-state index contributed by atoms with van der Waals surface area (Å²) in [5.74, 6) is -1.08. The molecular weight excluding hydrogens is 389 g/mol. The van der Waals surface area contributed by atoms with Crippen molar-refractivity contribution in [1.29, 1.82) is 10.5 Å². The summed E-state index contributed by atoms with van der Waals surface area (Å²) in [5, 5.41) is 16.7. The molecule has 0 radical (unpaired) electrons. The molecular formula is C14H9F2IN4. The van der Waals surface area contributed by atoms with Crippen LogP contribution in [0.3, 0.4) is 0 Å². The molecule has 4 nitrogen and oxygen atoms in total. The molecule has 0 fully saturated rings. The second-order valence-corrected chi connectivity index (χ2v) is 4.98. The lowest BCUT2D eigenvalue weighted by Gasteiger charge is -1.98. The molecule has 0 heterocycles. The molecule has 2 aromatic carbocycles. The van der Waals surface area contributed by atoms with Crippen molar-refractivity contribution in [3.63, 3.8) is 0 Å². The van der Waals surface area contributed by atoms with Gasteiger partial charge in [0.25, 0.3) is 0 Å². The minimum absolute atomic E-state index is 0.0685. The van der Waals surface area contributed by atoms with Gasteiger partial charge in [-0.3, -0.25) is 0 Å². The van der Waals surface area contributed by atoms with Crippen LogP contribution in [0.4, 0.5) is 20.2 Å². The summed E-state index contributed by atoms with van der Waals surface area (Å²) >= 11 is 1.88. The molecule has 106 valence electrons. The van der Waals surface area contributed by atoms with Crippen molar-refractivity contribution < 1.29 is 8.78 Å². The van der Waals surface area contributed by atoms with E-state index in [0.717, 1.165) is 12.1 Å². The zero-order valence-corrected chi connectivity index (χ0v) is 12.7. The Morgan fingerprint density at radius 1 is 0.905 bits per heavy atom. The molecule has 0 saturated carbocycles. The normalized spacial score (nSPS) is 9.00. The molecule has 0 atom stereocenters. The van der Waals surface area contributed by atoms with Crippen LogP contribution in [0.1, 0.15) is 11.1 Å². The number of nitrogens with zero attached hydrogens (tertiary/aromatic N) is 2. The Hall–Kier alpha value is -2.39. The largest absolute Gasteiger partial charge is 0.396 e. The van der Waals surface area contributed by atoms with Gasteiger partial charge in [0.15, 0.2) is 0 Å². The van der Waals surface area contributed by atoms with Gasteiger partial charge < -0.3 is 11.5 Å². The maximum atomic E-state index is 12.7. The van der Waals surface area contributed by atoms with Gasteiger partial charge >= 0.3 is 0 Å². The topological polar surface area (TPSA) is 99.6 Å². The van der Waals surface area contributed by atoms with Crippen molar-refractivity contribution in [1.82, 2.24) is 0 Å². The molecule has 0 saturated heterocycles. The summed E-state index contributed by atoms with van der Waals surface area (Å²) in [6.07, 6.45) is 0. The van der Waals surface area contributed by atoms with Crippen molar-refractivity contribution in [2.75, 3.05) is 11.5 Å². The van der Waals surface area contributed by atoms with E-state index in [1.807, 2.05) is 28.7 Å². The lowest BCUT2D eigenvalue weighted by Crippen LogP contribution is -1.94. The summed E-state index contributed by atoms with van der Waals surface area (Å²) in [6.45, 7) is 0. The summed E-state index contributed by atoms with van der Waals surface area (Å²) < 4.78 is 25.8. The van der Waals surface area contributed by atoms with E-state index in [4.69, 9.17) is 22.0 Å². The third-order valence-corrected chi connectivity index (χ3v) is 3.23. The first-order valence-electron chi connectivity index (χ1n) is 5.48. The fraction of sp³-hybridized carbons (Fsp3) is 0. The van der Waals surface area contributed by atoms with Crippen LogP contribution in [0.25, 0.3) is 0 Å². The van der Waals surface area contributed by atoms with Crippen LogP contribution in [-0.2, 0) is 0 Å². The quantitative estimate of drug-likeness (QED) is 0.526. The molecule has 0 aromatic heterocycles. The molecule has 4 N–H and O–H groups in total. The van der Waals surface area contributed by atoms with E-state index in [1.54, 1.807) is 12.1 Å². The number of nitrogen functional groups attached to an aromatic ring is 2. The Kier molecular flexibility index (Phi) is 5.88. The van der Waals surface area contributed by atoms with Gasteiger partial charge in [-0.05, 0) is 52.9 Å². The molecule has 0 unspecified atom stereocenters. The smallest absolute Gasteiger partial charge is 0.148 e. The van der Waals surface area contributed by atoms with Crippen molar-refractivity contribution in [3.8, 4) is 12.1 Å². The maximum absolute atomic E-state index is 12.7. The average Bonchev–Trinajstić information content (AvgIpc) is 2.47. The number of nitrogens with two attached hydrogens (primary N) is 2. The van der Waals surface area contributed by atoms with Crippen LogP contribution in [0, 0.1) is 37.9 Å². The first kappa shape index (κ1) is 16.7. The van der Waals surface area contributed by atoms with Crippen molar-refractivity contribution in [3.05, 3.63) is 56.7 Å². The SMILES string of the molecule is N#Cc1cc(F)c(N)c(I)c1.N#Cc1ccc(N)c(F)c1. The lowest BCUT2D eigenvalue weighted by atomic mass is 10.2. The third-order valence-electron chi connectivity index (χ3n) is 2.34. The van der Waals surface area contributed by atoms with Gasteiger partial charge in [-0.25, -0.2) is 8.78 Å².